The van der Waals surface area contributed by atoms with Crippen molar-refractivity contribution < 1.29 is 4.74 Å². The lowest BCUT2D eigenvalue weighted by atomic mass is 10.1. The van der Waals surface area contributed by atoms with Gasteiger partial charge in [-0.2, -0.15) is 4.68 Å². The molecule has 0 saturated carbocycles. The molecule has 2 aliphatic rings. The number of piperidine rings is 1. The molecule has 1 aromatic carbocycles. The number of nitrogens with zero attached hydrogens (tertiary/aromatic N) is 6. The zero-order valence-corrected chi connectivity index (χ0v) is 14.6. The molecule has 0 radical (unpaired) electrons. The van der Waals surface area contributed by atoms with Gasteiger partial charge in [0, 0.05) is 19.6 Å². The van der Waals surface area contributed by atoms with E-state index < -0.39 is 0 Å². The summed E-state index contributed by atoms with van der Waals surface area (Å²) in [6.07, 6.45) is 5.34. The maximum atomic E-state index is 6.12. The second-order valence-corrected chi connectivity index (χ2v) is 6.86. The molecule has 3 heterocycles. The summed E-state index contributed by atoms with van der Waals surface area (Å²) in [4.78, 5) is 4.74. The van der Waals surface area contributed by atoms with E-state index >= 15 is 0 Å². The molecule has 7 nitrogen and oxygen atoms in total. The van der Waals surface area contributed by atoms with Gasteiger partial charge in [-0.15, -0.1) is 0 Å². The Balaban J connectivity index is 1.30. The quantitative estimate of drug-likeness (QED) is 0.797. The van der Waals surface area contributed by atoms with Crippen molar-refractivity contribution in [3.05, 3.63) is 30.3 Å². The molecule has 1 aromatic heterocycles. The largest absolute Gasteiger partial charge is 0.375 e. The second-order valence-electron chi connectivity index (χ2n) is 6.86. The van der Waals surface area contributed by atoms with Gasteiger partial charge in [-0.25, -0.2) is 0 Å². The van der Waals surface area contributed by atoms with E-state index in [1.54, 1.807) is 4.68 Å². The summed E-state index contributed by atoms with van der Waals surface area (Å²) in [6, 6.07) is 10.0. The highest BCUT2D eigenvalue weighted by Gasteiger charge is 2.27. The normalized spacial score (nSPS) is 21.8. The average molecular weight is 342 g/mol. The molecule has 134 valence electrons. The van der Waals surface area contributed by atoms with Crippen LogP contribution >= 0.6 is 0 Å². The Labute approximate surface area is 148 Å². The molecule has 0 amide bonds. The fraction of sp³-hybridized carbons (Fsp3) is 0.611. The van der Waals surface area contributed by atoms with Crippen LogP contribution in [0.1, 0.15) is 25.7 Å². The van der Waals surface area contributed by atoms with Crippen molar-refractivity contribution in [3.63, 3.8) is 0 Å². The van der Waals surface area contributed by atoms with Crippen molar-refractivity contribution in [2.75, 3.05) is 44.2 Å². The number of para-hydroxylation sites is 1. The van der Waals surface area contributed by atoms with Crippen LogP contribution < -0.4 is 4.90 Å². The number of likely N-dealkylation sites (tertiary alicyclic amines) is 1. The van der Waals surface area contributed by atoms with E-state index in [1.807, 2.05) is 30.3 Å². The van der Waals surface area contributed by atoms with E-state index in [2.05, 4.69) is 25.3 Å². The van der Waals surface area contributed by atoms with Gasteiger partial charge in [-0.3, -0.25) is 0 Å². The van der Waals surface area contributed by atoms with Crippen molar-refractivity contribution in [1.29, 1.82) is 0 Å². The molecule has 0 spiro atoms. The number of benzene rings is 1. The highest BCUT2D eigenvalue weighted by molar-refractivity contribution is 5.41. The fourth-order valence-corrected chi connectivity index (χ4v) is 3.69. The van der Waals surface area contributed by atoms with E-state index in [9.17, 15) is 0 Å². The van der Waals surface area contributed by atoms with Crippen LogP contribution in [0.25, 0.3) is 5.69 Å². The number of anilines is 1. The van der Waals surface area contributed by atoms with Crippen LogP contribution in [0.5, 0.6) is 0 Å². The lowest BCUT2D eigenvalue weighted by molar-refractivity contribution is 0.0466. The van der Waals surface area contributed by atoms with Crippen LogP contribution in [-0.4, -0.2) is 70.5 Å². The molecule has 25 heavy (non-hydrogen) atoms. The summed E-state index contributed by atoms with van der Waals surface area (Å²) in [7, 11) is 0. The highest BCUT2D eigenvalue weighted by atomic mass is 16.5. The third-order valence-electron chi connectivity index (χ3n) is 5.09. The van der Waals surface area contributed by atoms with E-state index in [-0.39, 0.29) is 6.10 Å². The Kier molecular flexibility index (Phi) is 5.22. The number of rotatable bonds is 6. The van der Waals surface area contributed by atoms with Gasteiger partial charge in [0.15, 0.2) is 0 Å². The number of tetrazole rings is 1. The third kappa shape index (κ3) is 3.99. The summed E-state index contributed by atoms with van der Waals surface area (Å²) >= 11 is 0. The number of hydrogen-bond donors (Lipinski definition) is 0. The Morgan fingerprint density at radius 3 is 2.72 bits per heavy atom. The van der Waals surface area contributed by atoms with Gasteiger partial charge in [-0.05, 0) is 54.9 Å². The SMILES string of the molecule is c1ccc(-n2nnnc2N2CCC(OCCN3CCCCC3)C2)cc1. The first-order valence-electron chi connectivity index (χ1n) is 9.33. The first-order chi connectivity index (χ1) is 12.4. The van der Waals surface area contributed by atoms with Gasteiger partial charge >= 0.3 is 0 Å². The number of hydrogen-bond acceptors (Lipinski definition) is 6. The van der Waals surface area contributed by atoms with E-state index in [4.69, 9.17) is 4.74 Å². The van der Waals surface area contributed by atoms with Crippen LogP contribution in [0.2, 0.25) is 0 Å². The maximum Gasteiger partial charge on any atom is 0.250 e. The number of aromatic nitrogens is 4. The Hall–Kier alpha value is -1.99. The van der Waals surface area contributed by atoms with Gasteiger partial charge in [0.2, 0.25) is 5.95 Å². The molecular weight excluding hydrogens is 316 g/mol. The van der Waals surface area contributed by atoms with Crippen molar-refractivity contribution in [2.45, 2.75) is 31.8 Å². The van der Waals surface area contributed by atoms with Gasteiger partial charge in [-0.1, -0.05) is 29.7 Å². The van der Waals surface area contributed by atoms with Crippen LogP contribution in [0, 0.1) is 0 Å². The van der Waals surface area contributed by atoms with Crippen LogP contribution in [0.15, 0.2) is 30.3 Å². The van der Waals surface area contributed by atoms with E-state index in [0.29, 0.717) is 0 Å². The molecule has 7 heteroatoms. The van der Waals surface area contributed by atoms with Crippen molar-refractivity contribution in [2.24, 2.45) is 0 Å². The molecule has 2 aromatic rings. The van der Waals surface area contributed by atoms with E-state index in [1.165, 1.54) is 32.4 Å². The Morgan fingerprint density at radius 2 is 1.88 bits per heavy atom. The standard InChI is InChI=1S/C18H26N6O/c1-3-7-16(8-4-1)24-18(19-20-21-24)23-12-9-17(15-23)25-14-13-22-10-5-2-6-11-22/h1,3-4,7-8,17H,2,5-6,9-15H2. The summed E-state index contributed by atoms with van der Waals surface area (Å²) in [5.74, 6) is 0.799. The Bertz CT molecular complexity index is 655. The highest BCUT2D eigenvalue weighted by Crippen LogP contribution is 2.21. The minimum Gasteiger partial charge on any atom is -0.375 e. The lowest BCUT2D eigenvalue weighted by Gasteiger charge is -2.26. The van der Waals surface area contributed by atoms with Gasteiger partial charge in [0.05, 0.1) is 18.4 Å². The molecular formula is C18H26N6O. The summed E-state index contributed by atoms with van der Waals surface area (Å²) in [5.41, 5.74) is 0.983. The molecule has 0 bridgehead atoms. The lowest BCUT2D eigenvalue weighted by Crippen LogP contribution is -2.34. The fourth-order valence-electron chi connectivity index (χ4n) is 3.69. The van der Waals surface area contributed by atoms with Crippen molar-refractivity contribution in [1.82, 2.24) is 25.1 Å². The number of ether oxygens (including phenoxy) is 1. The van der Waals surface area contributed by atoms with Gasteiger partial charge in [0.25, 0.3) is 0 Å². The minimum atomic E-state index is 0.269. The molecule has 2 saturated heterocycles. The van der Waals surface area contributed by atoms with Gasteiger partial charge < -0.3 is 14.5 Å². The van der Waals surface area contributed by atoms with E-state index in [0.717, 1.165) is 44.3 Å². The molecule has 1 atom stereocenters. The first kappa shape index (κ1) is 16.5. The zero-order chi connectivity index (χ0) is 16.9. The molecule has 2 aliphatic heterocycles. The van der Waals surface area contributed by atoms with Crippen molar-refractivity contribution in [3.8, 4) is 5.69 Å². The molecule has 0 aliphatic carbocycles. The average Bonchev–Trinajstić information content (AvgIpc) is 3.32. The second kappa shape index (κ2) is 7.93. The molecule has 4 rings (SSSR count). The smallest absolute Gasteiger partial charge is 0.250 e. The summed E-state index contributed by atoms with van der Waals surface area (Å²) in [5, 5.41) is 12.2. The van der Waals surface area contributed by atoms with Crippen molar-refractivity contribution >= 4 is 5.95 Å². The van der Waals surface area contributed by atoms with Crippen LogP contribution in [0.4, 0.5) is 5.95 Å². The maximum absolute atomic E-state index is 6.12. The Morgan fingerprint density at radius 1 is 1.04 bits per heavy atom. The molecule has 1 unspecified atom stereocenters. The summed E-state index contributed by atoms with van der Waals surface area (Å²) in [6.45, 7) is 6.12. The predicted molar refractivity (Wildman–Crippen MR) is 96.0 cm³/mol. The molecule has 2 fully saturated rings. The monoisotopic (exact) mass is 342 g/mol. The zero-order valence-electron chi connectivity index (χ0n) is 14.6. The van der Waals surface area contributed by atoms with Gasteiger partial charge in [0.1, 0.15) is 0 Å². The first-order valence-corrected chi connectivity index (χ1v) is 9.33. The van der Waals surface area contributed by atoms with Crippen LogP contribution in [0.3, 0.4) is 0 Å². The topological polar surface area (TPSA) is 59.3 Å². The van der Waals surface area contributed by atoms with Crippen LogP contribution in [-0.2, 0) is 4.74 Å². The summed E-state index contributed by atoms with van der Waals surface area (Å²) < 4.78 is 7.92. The molecule has 0 N–H and O–H groups in total. The predicted octanol–water partition coefficient (Wildman–Crippen LogP) is 1.74. The third-order valence-corrected chi connectivity index (χ3v) is 5.09. The minimum absolute atomic E-state index is 0.269.